The van der Waals surface area contributed by atoms with Gasteiger partial charge in [-0.3, -0.25) is 14.7 Å². The molecule has 0 bridgehead atoms. The molecule has 3 rings (SSSR count). The van der Waals surface area contributed by atoms with E-state index in [2.05, 4.69) is 21.7 Å². The molecular formula is C20H26FN3O2. The number of hydrogen-bond acceptors (Lipinski definition) is 5. The Hall–Kier alpha value is -2.21. The van der Waals surface area contributed by atoms with Crippen molar-refractivity contribution >= 4 is 22.6 Å². The summed E-state index contributed by atoms with van der Waals surface area (Å²) in [4.78, 5) is 21.0. The number of esters is 1. The van der Waals surface area contributed by atoms with Gasteiger partial charge in [0.2, 0.25) is 0 Å². The third-order valence-electron chi connectivity index (χ3n) is 4.90. The summed E-state index contributed by atoms with van der Waals surface area (Å²) in [5, 5.41) is 0.830. The molecule has 0 amide bonds. The van der Waals surface area contributed by atoms with E-state index in [4.69, 9.17) is 4.74 Å². The van der Waals surface area contributed by atoms with Gasteiger partial charge >= 0.3 is 5.97 Å². The minimum atomic E-state index is -0.254. The van der Waals surface area contributed by atoms with Crippen molar-refractivity contribution in [1.82, 2.24) is 9.88 Å². The molecule has 1 aromatic carbocycles. The van der Waals surface area contributed by atoms with E-state index >= 15 is 0 Å². The second-order valence-electron chi connectivity index (χ2n) is 6.57. The minimum Gasteiger partial charge on any atom is -0.465 e. The third kappa shape index (κ3) is 3.96. The fraction of sp³-hybridized carbons (Fsp3) is 0.500. The lowest BCUT2D eigenvalue weighted by atomic mass is 10.1. The van der Waals surface area contributed by atoms with Crippen molar-refractivity contribution in [1.29, 1.82) is 0 Å². The average Bonchev–Trinajstić information content (AvgIpc) is 2.66. The highest BCUT2D eigenvalue weighted by atomic mass is 19.1. The van der Waals surface area contributed by atoms with Crippen LogP contribution in [0.25, 0.3) is 10.9 Å². The highest BCUT2D eigenvalue weighted by Gasteiger charge is 2.29. The number of carbonyl (C=O) groups excluding carboxylic acids is 1. The Morgan fingerprint density at radius 3 is 2.69 bits per heavy atom. The van der Waals surface area contributed by atoms with Gasteiger partial charge in [-0.2, -0.15) is 0 Å². The van der Waals surface area contributed by atoms with Crippen LogP contribution in [-0.2, 0) is 9.53 Å². The lowest BCUT2D eigenvalue weighted by Crippen LogP contribution is -2.53. The Morgan fingerprint density at radius 2 is 2.00 bits per heavy atom. The van der Waals surface area contributed by atoms with Crippen molar-refractivity contribution in [2.75, 3.05) is 37.7 Å². The van der Waals surface area contributed by atoms with Gasteiger partial charge in [0.1, 0.15) is 11.9 Å². The summed E-state index contributed by atoms with van der Waals surface area (Å²) in [6, 6.07) is 6.46. The molecule has 2 aromatic rings. The minimum absolute atomic E-state index is 0.126. The Morgan fingerprint density at radius 1 is 1.23 bits per heavy atom. The van der Waals surface area contributed by atoms with Gasteiger partial charge in [0.05, 0.1) is 12.1 Å². The maximum Gasteiger partial charge on any atom is 0.323 e. The average molecular weight is 359 g/mol. The number of ether oxygens (including phenoxy) is 1. The molecule has 1 saturated heterocycles. The lowest BCUT2D eigenvalue weighted by molar-refractivity contribution is -0.150. The molecule has 0 N–H and O–H groups in total. The summed E-state index contributed by atoms with van der Waals surface area (Å²) in [6.07, 6.45) is 3.51. The summed E-state index contributed by atoms with van der Waals surface area (Å²) in [5.74, 6) is -0.380. The molecule has 1 aliphatic heterocycles. The van der Waals surface area contributed by atoms with Gasteiger partial charge in [-0.15, -0.1) is 0 Å². The van der Waals surface area contributed by atoms with Crippen molar-refractivity contribution in [2.24, 2.45) is 0 Å². The monoisotopic (exact) mass is 359 g/mol. The van der Waals surface area contributed by atoms with E-state index in [-0.39, 0.29) is 17.8 Å². The van der Waals surface area contributed by atoms with Crippen molar-refractivity contribution in [3.63, 3.8) is 0 Å². The van der Waals surface area contributed by atoms with Gasteiger partial charge in [-0.05, 0) is 37.6 Å². The first-order valence-electron chi connectivity index (χ1n) is 9.34. The van der Waals surface area contributed by atoms with Crippen LogP contribution in [0.2, 0.25) is 0 Å². The molecule has 1 atom stereocenters. The van der Waals surface area contributed by atoms with Crippen LogP contribution in [0.1, 0.15) is 26.7 Å². The summed E-state index contributed by atoms with van der Waals surface area (Å²) in [7, 11) is 0. The van der Waals surface area contributed by atoms with E-state index in [0.29, 0.717) is 6.61 Å². The zero-order valence-electron chi connectivity index (χ0n) is 15.4. The molecular weight excluding hydrogens is 333 g/mol. The van der Waals surface area contributed by atoms with Crippen molar-refractivity contribution in [2.45, 2.75) is 32.7 Å². The lowest BCUT2D eigenvalue weighted by Gasteiger charge is -2.39. The zero-order valence-corrected chi connectivity index (χ0v) is 15.4. The highest BCUT2D eigenvalue weighted by Crippen LogP contribution is 2.27. The second-order valence-corrected chi connectivity index (χ2v) is 6.57. The van der Waals surface area contributed by atoms with Crippen LogP contribution in [0.15, 0.2) is 30.5 Å². The predicted molar refractivity (Wildman–Crippen MR) is 101 cm³/mol. The number of rotatable bonds is 6. The predicted octanol–water partition coefficient (Wildman–Crippen LogP) is 3.23. The van der Waals surface area contributed by atoms with Gasteiger partial charge in [0, 0.05) is 43.4 Å². The molecule has 6 heteroatoms. The maximum atomic E-state index is 13.7. The normalized spacial score (nSPS) is 16.7. The number of anilines is 1. The van der Waals surface area contributed by atoms with Crippen molar-refractivity contribution < 1.29 is 13.9 Å². The maximum absolute atomic E-state index is 13.7. The first-order chi connectivity index (χ1) is 12.6. The molecule has 1 aliphatic rings. The third-order valence-corrected chi connectivity index (χ3v) is 4.90. The van der Waals surface area contributed by atoms with E-state index in [1.165, 1.54) is 6.07 Å². The quantitative estimate of drug-likeness (QED) is 0.741. The molecule has 0 spiro atoms. The van der Waals surface area contributed by atoms with Crippen LogP contribution in [0.5, 0.6) is 0 Å². The summed E-state index contributed by atoms with van der Waals surface area (Å²) < 4.78 is 18.9. The van der Waals surface area contributed by atoms with E-state index in [0.717, 1.165) is 55.6 Å². The van der Waals surface area contributed by atoms with Crippen molar-refractivity contribution in [3.05, 3.63) is 36.3 Å². The molecule has 0 saturated carbocycles. The first-order valence-corrected chi connectivity index (χ1v) is 9.34. The fourth-order valence-electron chi connectivity index (χ4n) is 3.62. The number of hydrogen-bond donors (Lipinski definition) is 0. The van der Waals surface area contributed by atoms with Crippen LogP contribution >= 0.6 is 0 Å². The highest BCUT2D eigenvalue weighted by molar-refractivity contribution is 5.91. The molecule has 1 fully saturated rings. The summed E-state index contributed by atoms with van der Waals surface area (Å²) >= 11 is 0. The van der Waals surface area contributed by atoms with Gasteiger partial charge < -0.3 is 9.64 Å². The largest absolute Gasteiger partial charge is 0.465 e. The Balaban J connectivity index is 1.74. The van der Waals surface area contributed by atoms with Crippen LogP contribution < -0.4 is 4.90 Å². The molecule has 140 valence electrons. The molecule has 26 heavy (non-hydrogen) atoms. The molecule has 0 aliphatic carbocycles. The summed E-state index contributed by atoms with van der Waals surface area (Å²) in [6.45, 7) is 7.47. The van der Waals surface area contributed by atoms with Crippen LogP contribution in [-0.4, -0.2) is 54.7 Å². The van der Waals surface area contributed by atoms with Gasteiger partial charge in [0.15, 0.2) is 0 Å². The van der Waals surface area contributed by atoms with Crippen LogP contribution in [0.4, 0.5) is 10.1 Å². The number of nitrogens with zero attached hydrogens (tertiary/aromatic N) is 3. The Kier molecular flexibility index (Phi) is 6.04. The van der Waals surface area contributed by atoms with E-state index in [9.17, 15) is 9.18 Å². The second kappa shape index (κ2) is 8.45. The standard InChI is InChI=1S/C20H26FN3O2/c1-3-5-19(20(25)26-4-2)24-12-10-23(11-13-24)18-8-9-22-17-7-6-15(21)14-16(17)18/h6-9,14,19H,3-5,10-13H2,1-2H3. The van der Waals surface area contributed by atoms with Crippen LogP contribution in [0.3, 0.4) is 0 Å². The number of carbonyl (C=O) groups is 1. The topological polar surface area (TPSA) is 45.7 Å². The number of benzene rings is 1. The van der Waals surface area contributed by atoms with Crippen molar-refractivity contribution in [3.8, 4) is 0 Å². The number of piperazine rings is 1. The van der Waals surface area contributed by atoms with Gasteiger partial charge in [-0.1, -0.05) is 13.3 Å². The SMILES string of the molecule is CCCC(C(=O)OCC)N1CCN(c2ccnc3ccc(F)cc23)CC1. The van der Waals surface area contributed by atoms with E-state index in [1.54, 1.807) is 18.3 Å². The van der Waals surface area contributed by atoms with Crippen LogP contribution in [0, 0.1) is 5.82 Å². The van der Waals surface area contributed by atoms with E-state index < -0.39 is 0 Å². The van der Waals surface area contributed by atoms with Gasteiger partial charge in [0.25, 0.3) is 0 Å². The summed E-state index contributed by atoms with van der Waals surface area (Å²) in [5.41, 5.74) is 1.79. The fourth-order valence-corrected chi connectivity index (χ4v) is 3.62. The number of pyridine rings is 1. The zero-order chi connectivity index (χ0) is 18.5. The van der Waals surface area contributed by atoms with Gasteiger partial charge in [-0.25, -0.2) is 4.39 Å². The Bertz CT molecular complexity index is 760. The first kappa shape index (κ1) is 18.6. The molecule has 0 radical (unpaired) electrons. The number of halogens is 1. The number of fused-ring (bicyclic) bond motifs is 1. The molecule has 5 nitrogen and oxygen atoms in total. The smallest absolute Gasteiger partial charge is 0.323 e. The number of aromatic nitrogens is 1. The van der Waals surface area contributed by atoms with E-state index in [1.807, 2.05) is 13.0 Å². The molecule has 1 unspecified atom stereocenters. The molecule has 1 aromatic heterocycles. The Labute approximate surface area is 153 Å². The molecule has 2 heterocycles.